The van der Waals surface area contributed by atoms with Crippen LogP contribution < -0.4 is 0 Å². The summed E-state index contributed by atoms with van der Waals surface area (Å²) in [5.41, 5.74) is -0.0180. The molecule has 1 heterocycles. The summed E-state index contributed by atoms with van der Waals surface area (Å²) >= 11 is 5.94. The number of hydrogen-bond donors (Lipinski definition) is 0. The van der Waals surface area contributed by atoms with E-state index in [1.807, 2.05) is 0 Å². The Labute approximate surface area is 93.3 Å². The van der Waals surface area contributed by atoms with Crippen LogP contribution in [0.1, 0.15) is 10.4 Å². The fourth-order valence-corrected chi connectivity index (χ4v) is 2.35. The van der Waals surface area contributed by atoms with Gasteiger partial charge in [0.25, 0.3) is 0 Å². The van der Waals surface area contributed by atoms with Crippen molar-refractivity contribution in [2.75, 3.05) is 0 Å². The first-order chi connectivity index (χ1) is 7.00. The van der Waals surface area contributed by atoms with Gasteiger partial charge in [-0.05, 0) is 17.7 Å². The SMILES string of the molecule is O=C(c1csc2ccccc12)C(F)(F)Cl. The summed E-state index contributed by atoms with van der Waals surface area (Å²) in [5, 5.41) is -1.90. The van der Waals surface area contributed by atoms with Gasteiger partial charge in [0.2, 0.25) is 5.78 Å². The van der Waals surface area contributed by atoms with Crippen LogP contribution in [0.15, 0.2) is 29.6 Å². The van der Waals surface area contributed by atoms with Crippen molar-refractivity contribution >= 4 is 38.8 Å². The molecule has 0 atom stereocenters. The van der Waals surface area contributed by atoms with Crippen LogP contribution in [0.2, 0.25) is 0 Å². The molecule has 15 heavy (non-hydrogen) atoms. The van der Waals surface area contributed by atoms with Gasteiger partial charge in [-0.25, -0.2) is 0 Å². The quantitative estimate of drug-likeness (QED) is 0.580. The predicted molar refractivity (Wildman–Crippen MR) is 57.0 cm³/mol. The molecule has 2 rings (SSSR count). The van der Waals surface area contributed by atoms with Crippen molar-refractivity contribution in [1.29, 1.82) is 0 Å². The fraction of sp³-hybridized carbons (Fsp3) is 0.100. The Morgan fingerprint density at radius 2 is 2.00 bits per heavy atom. The number of carbonyl (C=O) groups is 1. The summed E-state index contributed by atoms with van der Waals surface area (Å²) in [6.45, 7) is 0. The summed E-state index contributed by atoms with van der Waals surface area (Å²) in [7, 11) is 0. The van der Waals surface area contributed by atoms with Crippen molar-refractivity contribution in [2.24, 2.45) is 0 Å². The number of carbonyl (C=O) groups excluding carboxylic acids is 1. The first-order valence-electron chi connectivity index (χ1n) is 4.08. The second kappa shape index (κ2) is 3.54. The summed E-state index contributed by atoms with van der Waals surface area (Å²) in [6.07, 6.45) is 0. The molecule has 0 N–H and O–H groups in total. The van der Waals surface area contributed by atoms with Crippen molar-refractivity contribution in [1.82, 2.24) is 0 Å². The lowest BCUT2D eigenvalue weighted by atomic mass is 10.1. The van der Waals surface area contributed by atoms with Crippen molar-refractivity contribution < 1.29 is 13.6 Å². The molecule has 1 aromatic carbocycles. The van der Waals surface area contributed by atoms with Crippen LogP contribution in [0.4, 0.5) is 8.78 Å². The number of benzene rings is 1. The normalized spacial score (nSPS) is 11.9. The van der Waals surface area contributed by atoms with E-state index >= 15 is 0 Å². The number of thiophene rings is 1. The molecule has 0 aliphatic rings. The van der Waals surface area contributed by atoms with E-state index in [9.17, 15) is 13.6 Å². The first-order valence-corrected chi connectivity index (χ1v) is 5.33. The van der Waals surface area contributed by atoms with E-state index in [4.69, 9.17) is 11.6 Å². The molecular weight excluding hydrogens is 242 g/mol. The molecule has 1 nitrogen and oxygen atoms in total. The lowest BCUT2D eigenvalue weighted by Gasteiger charge is -2.04. The van der Waals surface area contributed by atoms with E-state index in [0.29, 0.717) is 5.39 Å². The standard InChI is InChI=1S/C10H5ClF2OS/c11-10(12,13)9(14)7-5-15-8-4-2-1-3-6(7)8/h1-5H. The lowest BCUT2D eigenvalue weighted by Crippen LogP contribution is -2.20. The molecule has 0 aliphatic heterocycles. The van der Waals surface area contributed by atoms with Crippen LogP contribution in [0.3, 0.4) is 0 Å². The number of rotatable bonds is 2. The molecule has 0 amide bonds. The maximum atomic E-state index is 12.6. The number of Topliss-reactive ketones (excluding diaryl/α,β-unsaturated/α-hetero) is 1. The van der Waals surface area contributed by atoms with Gasteiger partial charge in [0.15, 0.2) is 0 Å². The second-order valence-corrected chi connectivity index (χ2v) is 4.36. The Balaban J connectivity index is 2.58. The second-order valence-electron chi connectivity index (χ2n) is 2.97. The van der Waals surface area contributed by atoms with Gasteiger partial charge in [0.1, 0.15) is 0 Å². The van der Waals surface area contributed by atoms with Gasteiger partial charge < -0.3 is 0 Å². The average molecular weight is 247 g/mol. The highest BCUT2D eigenvalue weighted by Gasteiger charge is 2.37. The van der Waals surface area contributed by atoms with Gasteiger partial charge in [0, 0.05) is 21.0 Å². The molecule has 0 bridgehead atoms. The van der Waals surface area contributed by atoms with E-state index in [2.05, 4.69) is 0 Å². The zero-order valence-electron chi connectivity index (χ0n) is 7.34. The third-order valence-corrected chi connectivity index (χ3v) is 3.12. The third kappa shape index (κ3) is 1.87. The highest BCUT2D eigenvalue weighted by atomic mass is 35.5. The van der Waals surface area contributed by atoms with Crippen LogP contribution in [0.25, 0.3) is 10.1 Å². The summed E-state index contributed by atoms with van der Waals surface area (Å²) in [4.78, 5) is 11.3. The van der Waals surface area contributed by atoms with Crippen LogP contribution in [0.5, 0.6) is 0 Å². The minimum Gasteiger partial charge on any atom is -0.286 e. The van der Waals surface area contributed by atoms with Crippen molar-refractivity contribution in [2.45, 2.75) is 5.38 Å². The minimum atomic E-state index is -3.83. The highest BCUT2D eigenvalue weighted by molar-refractivity contribution is 7.17. The number of hydrogen-bond acceptors (Lipinski definition) is 2. The summed E-state index contributed by atoms with van der Waals surface area (Å²) < 4.78 is 26.0. The Morgan fingerprint density at radius 3 is 2.67 bits per heavy atom. The molecular formula is C10H5ClF2OS. The van der Waals surface area contributed by atoms with Crippen molar-refractivity contribution in [3.8, 4) is 0 Å². The molecule has 1 aromatic heterocycles. The Morgan fingerprint density at radius 1 is 1.33 bits per heavy atom. The largest absolute Gasteiger partial charge is 0.384 e. The van der Waals surface area contributed by atoms with E-state index in [1.54, 1.807) is 24.3 Å². The van der Waals surface area contributed by atoms with Crippen LogP contribution >= 0.6 is 22.9 Å². The van der Waals surface area contributed by atoms with E-state index < -0.39 is 11.2 Å². The highest BCUT2D eigenvalue weighted by Crippen LogP contribution is 2.32. The molecule has 0 fully saturated rings. The molecule has 78 valence electrons. The summed E-state index contributed by atoms with van der Waals surface area (Å²) in [6, 6.07) is 6.87. The van der Waals surface area contributed by atoms with Gasteiger partial charge in [-0.3, -0.25) is 4.79 Å². The number of alkyl halides is 3. The molecule has 0 radical (unpaired) electrons. The number of halogens is 3. The van der Waals surface area contributed by atoms with Gasteiger partial charge in [-0.15, -0.1) is 11.3 Å². The number of ketones is 1. The van der Waals surface area contributed by atoms with Crippen LogP contribution in [-0.4, -0.2) is 11.2 Å². The average Bonchev–Trinajstić information content (AvgIpc) is 2.58. The fourth-order valence-electron chi connectivity index (χ4n) is 1.31. The van der Waals surface area contributed by atoms with Gasteiger partial charge >= 0.3 is 5.38 Å². The molecule has 0 aliphatic carbocycles. The molecule has 0 spiro atoms. The topological polar surface area (TPSA) is 17.1 Å². The Hall–Kier alpha value is -1.00. The van der Waals surface area contributed by atoms with E-state index in [-0.39, 0.29) is 5.56 Å². The molecule has 0 unspecified atom stereocenters. The smallest absolute Gasteiger partial charge is 0.286 e. The van der Waals surface area contributed by atoms with E-state index in [0.717, 1.165) is 4.70 Å². The van der Waals surface area contributed by atoms with Crippen molar-refractivity contribution in [3.05, 3.63) is 35.2 Å². The number of fused-ring (bicyclic) bond motifs is 1. The Kier molecular flexibility index (Phi) is 2.48. The maximum Gasteiger partial charge on any atom is 0.384 e. The van der Waals surface area contributed by atoms with E-state index in [1.165, 1.54) is 16.7 Å². The van der Waals surface area contributed by atoms with Gasteiger partial charge in [-0.2, -0.15) is 8.78 Å². The van der Waals surface area contributed by atoms with Crippen LogP contribution in [-0.2, 0) is 0 Å². The maximum absolute atomic E-state index is 12.6. The minimum absolute atomic E-state index is 0.0180. The molecule has 0 saturated carbocycles. The van der Waals surface area contributed by atoms with Crippen LogP contribution in [0, 0.1) is 0 Å². The Bertz CT molecular complexity index is 515. The molecule has 5 heteroatoms. The summed E-state index contributed by atoms with van der Waals surface area (Å²) in [5.74, 6) is -1.35. The van der Waals surface area contributed by atoms with Crippen molar-refractivity contribution in [3.63, 3.8) is 0 Å². The third-order valence-electron chi connectivity index (χ3n) is 1.98. The molecule has 0 saturated heterocycles. The molecule has 2 aromatic rings. The van der Waals surface area contributed by atoms with Gasteiger partial charge in [-0.1, -0.05) is 18.2 Å². The first kappa shape index (κ1) is 10.5. The zero-order chi connectivity index (χ0) is 11.1. The van der Waals surface area contributed by atoms with Gasteiger partial charge in [0.05, 0.1) is 0 Å². The lowest BCUT2D eigenvalue weighted by molar-refractivity contribution is 0.0538. The zero-order valence-corrected chi connectivity index (χ0v) is 8.91. The predicted octanol–water partition coefficient (Wildman–Crippen LogP) is 3.92. The monoisotopic (exact) mass is 246 g/mol.